The number of thioether (sulfide) groups is 1. The molecule has 5 atom stereocenters. The van der Waals surface area contributed by atoms with Crippen LogP contribution in [0.15, 0.2) is 4.99 Å². The summed E-state index contributed by atoms with van der Waals surface area (Å²) in [5, 5.41) is 32.3. The molecule has 1 saturated heterocycles. The second kappa shape index (κ2) is 4.89. The van der Waals surface area contributed by atoms with Gasteiger partial charge in [0.15, 0.2) is 5.17 Å². The molecule has 6 nitrogen and oxygen atoms in total. The molecule has 16 heavy (non-hydrogen) atoms. The van der Waals surface area contributed by atoms with E-state index in [0.29, 0.717) is 5.17 Å². The van der Waals surface area contributed by atoms with Crippen molar-refractivity contribution < 1.29 is 20.1 Å². The Labute approximate surface area is 97.7 Å². The smallest absolute Gasteiger partial charge is 0.159 e. The first-order chi connectivity index (χ1) is 7.67. The van der Waals surface area contributed by atoms with Gasteiger partial charge in [0, 0.05) is 6.54 Å². The highest BCUT2D eigenvalue weighted by Crippen LogP contribution is 2.35. The fourth-order valence-corrected chi connectivity index (χ4v) is 3.01. The lowest BCUT2D eigenvalue weighted by Gasteiger charge is -2.37. The van der Waals surface area contributed by atoms with Crippen LogP contribution in [0.25, 0.3) is 0 Å². The van der Waals surface area contributed by atoms with Gasteiger partial charge in [0.1, 0.15) is 29.8 Å². The molecular formula is C9H16N2O4S. The molecule has 7 heteroatoms. The maximum atomic E-state index is 9.85. The molecule has 4 N–H and O–H groups in total. The van der Waals surface area contributed by atoms with E-state index in [0.717, 1.165) is 6.54 Å². The lowest BCUT2D eigenvalue weighted by molar-refractivity contribution is -0.164. The molecule has 2 heterocycles. The van der Waals surface area contributed by atoms with Crippen LogP contribution in [-0.4, -0.2) is 63.4 Å². The summed E-state index contributed by atoms with van der Waals surface area (Å²) in [7, 11) is 0. The summed E-state index contributed by atoms with van der Waals surface area (Å²) in [5.41, 5.74) is -0.329. The van der Waals surface area contributed by atoms with Crippen LogP contribution in [0.4, 0.5) is 0 Å². The highest BCUT2D eigenvalue weighted by Gasteiger charge is 2.47. The van der Waals surface area contributed by atoms with Crippen molar-refractivity contribution in [2.45, 2.75) is 36.7 Å². The first-order valence-electron chi connectivity index (χ1n) is 5.28. The average Bonchev–Trinajstić information content (AvgIpc) is 2.67. The number of ether oxygens (including phenoxy) is 1. The van der Waals surface area contributed by atoms with Crippen LogP contribution in [0.1, 0.15) is 6.92 Å². The number of hydrogen-bond acceptors (Lipinski definition) is 7. The predicted octanol–water partition coefficient (Wildman–Crippen LogP) is -1.49. The molecule has 0 bridgehead atoms. The zero-order chi connectivity index (χ0) is 11.7. The van der Waals surface area contributed by atoms with Crippen LogP contribution in [-0.2, 0) is 4.74 Å². The van der Waals surface area contributed by atoms with Crippen molar-refractivity contribution in [3.8, 4) is 0 Å². The quantitative estimate of drug-likeness (QED) is 0.475. The minimum absolute atomic E-state index is 0.307. The molecule has 2 rings (SSSR count). The Morgan fingerprint density at radius 3 is 2.81 bits per heavy atom. The molecule has 0 radical (unpaired) electrons. The number of rotatable bonds is 2. The number of aliphatic hydroxyl groups is 3. The fourth-order valence-electron chi connectivity index (χ4n) is 1.82. The van der Waals surface area contributed by atoms with E-state index < -0.39 is 24.4 Å². The standard InChI is InChI=1S/C9H16N2O4S/c1-2-10-9-11-5-7(14)6(13)4(3-12)15-8(5)16-9/h4-8,12-14H,2-3H2,1H3,(H,10,11)/t4-,5?,6-,7-,8?/m1/s1. The molecule has 2 aliphatic heterocycles. The van der Waals surface area contributed by atoms with Crippen LogP contribution in [0.3, 0.4) is 0 Å². The molecule has 0 amide bonds. The molecule has 0 spiro atoms. The van der Waals surface area contributed by atoms with Gasteiger partial charge in [0.25, 0.3) is 0 Å². The zero-order valence-electron chi connectivity index (χ0n) is 8.91. The Balaban J connectivity index is 2.08. The monoisotopic (exact) mass is 248 g/mol. The molecule has 1 fully saturated rings. The molecule has 92 valence electrons. The van der Waals surface area contributed by atoms with Crippen LogP contribution in [0, 0.1) is 0 Å². The highest BCUT2D eigenvalue weighted by molar-refractivity contribution is 8.14. The number of nitrogens with zero attached hydrogens (tertiary/aromatic N) is 1. The summed E-state index contributed by atoms with van der Waals surface area (Å²) in [6.45, 7) is 2.39. The molecule has 0 saturated carbocycles. The third-order valence-corrected chi connectivity index (χ3v) is 3.77. The van der Waals surface area contributed by atoms with Crippen LogP contribution < -0.4 is 5.32 Å². The Morgan fingerprint density at radius 1 is 1.44 bits per heavy atom. The van der Waals surface area contributed by atoms with E-state index in [4.69, 9.17) is 9.84 Å². The van der Waals surface area contributed by atoms with Gasteiger partial charge in [-0.15, -0.1) is 0 Å². The number of amidine groups is 1. The second-order valence-electron chi connectivity index (χ2n) is 3.78. The third kappa shape index (κ3) is 2.05. The maximum Gasteiger partial charge on any atom is 0.159 e. The topological polar surface area (TPSA) is 94.3 Å². The predicted molar refractivity (Wildman–Crippen MR) is 60.3 cm³/mol. The van der Waals surface area contributed by atoms with Crippen LogP contribution in [0.2, 0.25) is 0 Å². The lowest BCUT2D eigenvalue weighted by atomic mass is 9.99. The second-order valence-corrected chi connectivity index (χ2v) is 4.87. The highest BCUT2D eigenvalue weighted by atomic mass is 32.2. The summed E-state index contributed by atoms with van der Waals surface area (Å²) in [4.78, 5) is 4.25. The molecule has 2 unspecified atom stereocenters. The SMILES string of the molecule is CCNC1=NC2C(O[C@H](CO)[C@@H](O)[C@@H]2O)S1. The number of nitrogens with one attached hydrogen (secondary N) is 1. The van der Waals surface area contributed by atoms with Gasteiger partial charge in [-0.25, -0.2) is 0 Å². The van der Waals surface area contributed by atoms with E-state index in [9.17, 15) is 10.2 Å². The van der Waals surface area contributed by atoms with E-state index >= 15 is 0 Å². The molecule has 2 aliphatic rings. The van der Waals surface area contributed by atoms with Crippen LogP contribution in [0.5, 0.6) is 0 Å². The number of aliphatic hydroxyl groups excluding tert-OH is 3. The van der Waals surface area contributed by atoms with E-state index in [1.165, 1.54) is 11.8 Å². The minimum atomic E-state index is -1.09. The van der Waals surface area contributed by atoms with E-state index in [-0.39, 0.29) is 12.0 Å². The van der Waals surface area contributed by atoms with Crippen molar-refractivity contribution in [2.24, 2.45) is 4.99 Å². The van der Waals surface area contributed by atoms with Gasteiger partial charge < -0.3 is 25.4 Å². The van der Waals surface area contributed by atoms with Crippen molar-refractivity contribution in [3.05, 3.63) is 0 Å². The maximum absolute atomic E-state index is 9.85. The summed E-state index contributed by atoms with van der Waals surface area (Å²) >= 11 is 1.38. The van der Waals surface area contributed by atoms with Gasteiger partial charge in [0.2, 0.25) is 0 Å². The van der Waals surface area contributed by atoms with Gasteiger partial charge in [0.05, 0.1) is 6.61 Å². The summed E-state index contributed by atoms with van der Waals surface area (Å²) in [6, 6.07) is -0.461. The van der Waals surface area contributed by atoms with Gasteiger partial charge in [-0.05, 0) is 6.92 Å². The third-order valence-electron chi connectivity index (χ3n) is 2.67. The summed E-state index contributed by atoms with van der Waals surface area (Å²) in [6.07, 6.45) is -2.81. The van der Waals surface area contributed by atoms with Gasteiger partial charge in [-0.2, -0.15) is 0 Å². The number of fused-ring (bicyclic) bond motifs is 1. The van der Waals surface area contributed by atoms with Crippen LogP contribution >= 0.6 is 11.8 Å². The number of aliphatic imine (C=N–C) groups is 1. The molecule has 0 aromatic carbocycles. The lowest BCUT2D eigenvalue weighted by Crippen LogP contribution is -2.55. The van der Waals surface area contributed by atoms with Crippen molar-refractivity contribution in [3.63, 3.8) is 0 Å². The molecular weight excluding hydrogens is 232 g/mol. The molecule has 0 aliphatic carbocycles. The molecule has 0 aromatic heterocycles. The first-order valence-corrected chi connectivity index (χ1v) is 6.16. The van der Waals surface area contributed by atoms with Gasteiger partial charge in [-0.3, -0.25) is 4.99 Å². The van der Waals surface area contributed by atoms with Crippen molar-refractivity contribution in [1.29, 1.82) is 0 Å². The Morgan fingerprint density at radius 2 is 2.19 bits per heavy atom. The van der Waals surface area contributed by atoms with Gasteiger partial charge in [-0.1, -0.05) is 11.8 Å². The van der Waals surface area contributed by atoms with Crippen molar-refractivity contribution in [1.82, 2.24) is 5.32 Å². The van der Waals surface area contributed by atoms with E-state index in [2.05, 4.69) is 10.3 Å². The number of hydrogen-bond donors (Lipinski definition) is 4. The summed E-state index contributed by atoms with van der Waals surface area (Å²) in [5.74, 6) is 0. The van der Waals surface area contributed by atoms with Crippen molar-refractivity contribution in [2.75, 3.05) is 13.2 Å². The normalized spacial score (nSPS) is 42.8. The average molecular weight is 248 g/mol. The Bertz CT molecular complexity index is 289. The first kappa shape index (κ1) is 12.1. The minimum Gasteiger partial charge on any atom is -0.394 e. The Hall–Kier alpha value is -0.340. The summed E-state index contributed by atoms with van der Waals surface area (Å²) < 4.78 is 5.47. The van der Waals surface area contributed by atoms with Gasteiger partial charge >= 0.3 is 0 Å². The fraction of sp³-hybridized carbons (Fsp3) is 0.889. The zero-order valence-corrected chi connectivity index (χ0v) is 9.72. The largest absolute Gasteiger partial charge is 0.394 e. The van der Waals surface area contributed by atoms with Crippen molar-refractivity contribution >= 4 is 16.9 Å². The Kier molecular flexibility index (Phi) is 3.70. The van der Waals surface area contributed by atoms with E-state index in [1.54, 1.807) is 0 Å². The van der Waals surface area contributed by atoms with E-state index in [1.807, 2.05) is 6.92 Å². The molecule has 0 aromatic rings.